The van der Waals surface area contributed by atoms with Crippen LogP contribution in [0, 0.1) is 0 Å². The van der Waals surface area contributed by atoms with Gasteiger partial charge in [0.25, 0.3) is 11.8 Å². The number of rotatable bonds is 4. The Morgan fingerprint density at radius 3 is 2.97 bits per heavy atom. The predicted molar refractivity (Wildman–Crippen MR) is 105 cm³/mol. The maximum atomic E-state index is 12.9. The van der Waals surface area contributed by atoms with Crippen LogP contribution in [0.15, 0.2) is 41.1 Å². The number of aromatic amines is 1. The number of aromatic nitrogens is 6. The first kappa shape index (κ1) is 17.6. The molecule has 29 heavy (non-hydrogen) atoms. The molecular formula is C20H21N7O2. The third-order valence-corrected chi connectivity index (χ3v) is 5.27. The molecular weight excluding hydrogens is 370 g/mol. The van der Waals surface area contributed by atoms with Crippen LogP contribution in [0.5, 0.6) is 0 Å². The second kappa shape index (κ2) is 6.84. The van der Waals surface area contributed by atoms with Crippen LogP contribution in [-0.4, -0.2) is 54.0 Å². The molecule has 0 spiro atoms. The van der Waals surface area contributed by atoms with Gasteiger partial charge < -0.3 is 14.4 Å². The zero-order chi connectivity index (χ0) is 20.0. The highest BCUT2D eigenvalue weighted by atomic mass is 16.5. The van der Waals surface area contributed by atoms with Gasteiger partial charge in [-0.15, -0.1) is 5.10 Å². The Bertz CT molecular complexity index is 1140. The molecule has 1 unspecified atom stereocenters. The lowest BCUT2D eigenvalue weighted by Crippen LogP contribution is -2.29. The van der Waals surface area contributed by atoms with Gasteiger partial charge in [-0.05, 0) is 18.6 Å². The molecule has 1 aromatic carbocycles. The number of amides is 1. The van der Waals surface area contributed by atoms with Gasteiger partial charge in [0.05, 0.1) is 12.2 Å². The highest BCUT2D eigenvalue weighted by Gasteiger charge is 2.30. The van der Waals surface area contributed by atoms with E-state index in [2.05, 4.69) is 25.4 Å². The lowest BCUT2D eigenvalue weighted by Gasteiger charge is -2.15. The fraction of sp³-hybridized carbons (Fsp3) is 0.350. The lowest BCUT2D eigenvalue weighted by molar-refractivity contribution is 0.0782. The van der Waals surface area contributed by atoms with Crippen LogP contribution in [0.25, 0.3) is 22.5 Å². The van der Waals surface area contributed by atoms with Gasteiger partial charge in [0.1, 0.15) is 5.69 Å². The van der Waals surface area contributed by atoms with Crippen molar-refractivity contribution >= 4 is 16.8 Å². The average Bonchev–Trinajstić information content (AvgIpc) is 3.52. The molecule has 148 valence electrons. The van der Waals surface area contributed by atoms with Crippen LogP contribution in [0.3, 0.4) is 0 Å². The molecule has 9 nitrogen and oxygen atoms in total. The Labute approximate surface area is 166 Å². The van der Waals surface area contributed by atoms with E-state index in [-0.39, 0.29) is 17.9 Å². The third kappa shape index (κ3) is 3.18. The van der Waals surface area contributed by atoms with Crippen LogP contribution in [0.1, 0.15) is 48.5 Å². The molecule has 5 rings (SSSR count). The van der Waals surface area contributed by atoms with Crippen molar-refractivity contribution in [1.29, 1.82) is 0 Å². The Hall–Kier alpha value is -3.49. The van der Waals surface area contributed by atoms with Crippen molar-refractivity contribution in [3.8, 4) is 11.6 Å². The van der Waals surface area contributed by atoms with Gasteiger partial charge in [0, 0.05) is 29.9 Å². The van der Waals surface area contributed by atoms with Crippen LogP contribution >= 0.6 is 0 Å². The van der Waals surface area contributed by atoms with Crippen molar-refractivity contribution < 1.29 is 9.32 Å². The van der Waals surface area contributed by atoms with Crippen LogP contribution in [-0.2, 0) is 0 Å². The molecule has 0 aliphatic carbocycles. The fourth-order valence-corrected chi connectivity index (χ4v) is 3.63. The highest BCUT2D eigenvalue weighted by molar-refractivity contribution is 5.98. The van der Waals surface area contributed by atoms with Crippen molar-refractivity contribution in [2.24, 2.45) is 0 Å². The molecule has 4 aromatic rings. The second-order valence-corrected chi connectivity index (χ2v) is 7.66. The van der Waals surface area contributed by atoms with Crippen LogP contribution in [0.2, 0.25) is 0 Å². The maximum Gasteiger partial charge on any atom is 0.280 e. The summed E-state index contributed by atoms with van der Waals surface area (Å²) in [4.78, 5) is 22.3. The van der Waals surface area contributed by atoms with Gasteiger partial charge in [0.15, 0.2) is 11.5 Å². The van der Waals surface area contributed by atoms with Crippen molar-refractivity contribution in [3.05, 3.63) is 48.0 Å². The number of nitrogens with zero attached hydrogens (tertiary/aromatic N) is 6. The first-order valence-electron chi connectivity index (χ1n) is 9.71. The molecule has 4 heterocycles. The third-order valence-electron chi connectivity index (χ3n) is 5.27. The summed E-state index contributed by atoms with van der Waals surface area (Å²) in [6, 6.07) is 9.85. The summed E-state index contributed by atoms with van der Waals surface area (Å²) in [5.41, 5.74) is 2.12. The van der Waals surface area contributed by atoms with E-state index in [1.165, 1.54) is 0 Å². The van der Waals surface area contributed by atoms with Crippen LogP contribution in [0.4, 0.5) is 0 Å². The molecule has 1 amide bonds. The topological polar surface area (TPSA) is 106 Å². The van der Waals surface area contributed by atoms with Crippen molar-refractivity contribution in [2.45, 2.75) is 32.2 Å². The number of carbonyl (C=O) groups is 1. The highest BCUT2D eigenvalue weighted by Crippen LogP contribution is 2.25. The Morgan fingerprint density at radius 2 is 2.17 bits per heavy atom. The number of carbonyl (C=O) groups excluding carboxylic acids is 1. The Morgan fingerprint density at radius 1 is 1.31 bits per heavy atom. The summed E-state index contributed by atoms with van der Waals surface area (Å²) in [5, 5.41) is 13.4. The van der Waals surface area contributed by atoms with E-state index < -0.39 is 0 Å². The molecule has 0 bridgehead atoms. The number of benzene rings is 1. The molecule has 3 aromatic heterocycles. The summed E-state index contributed by atoms with van der Waals surface area (Å²) in [7, 11) is 0. The molecule has 1 N–H and O–H groups in total. The van der Waals surface area contributed by atoms with Gasteiger partial charge >= 0.3 is 0 Å². The zero-order valence-electron chi connectivity index (χ0n) is 16.2. The van der Waals surface area contributed by atoms with Crippen molar-refractivity contribution in [2.75, 3.05) is 13.1 Å². The first-order valence-corrected chi connectivity index (χ1v) is 9.71. The summed E-state index contributed by atoms with van der Waals surface area (Å²) < 4.78 is 7.07. The van der Waals surface area contributed by atoms with Gasteiger partial charge in [-0.3, -0.25) is 4.79 Å². The first-order chi connectivity index (χ1) is 14.1. The smallest absolute Gasteiger partial charge is 0.280 e. The Balaban J connectivity index is 1.30. The fourth-order valence-electron chi connectivity index (χ4n) is 3.63. The van der Waals surface area contributed by atoms with Gasteiger partial charge in [-0.25, -0.2) is 4.68 Å². The van der Waals surface area contributed by atoms with E-state index in [9.17, 15) is 4.79 Å². The zero-order valence-corrected chi connectivity index (χ0v) is 16.2. The van der Waals surface area contributed by atoms with E-state index in [4.69, 9.17) is 4.52 Å². The molecule has 1 aliphatic rings. The normalized spacial score (nSPS) is 16.9. The average molecular weight is 391 g/mol. The van der Waals surface area contributed by atoms with E-state index in [0.717, 1.165) is 17.3 Å². The maximum absolute atomic E-state index is 12.9. The second-order valence-electron chi connectivity index (χ2n) is 7.66. The quantitative estimate of drug-likeness (QED) is 0.573. The van der Waals surface area contributed by atoms with E-state index >= 15 is 0 Å². The number of hydrogen-bond acceptors (Lipinski definition) is 6. The van der Waals surface area contributed by atoms with Crippen LogP contribution < -0.4 is 0 Å². The predicted octanol–water partition coefficient (Wildman–Crippen LogP) is 3.02. The monoisotopic (exact) mass is 391 g/mol. The summed E-state index contributed by atoms with van der Waals surface area (Å²) in [5.74, 6) is 1.19. The Kier molecular flexibility index (Phi) is 4.15. The van der Waals surface area contributed by atoms with E-state index in [1.54, 1.807) is 10.9 Å². The van der Waals surface area contributed by atoms with E-state index in [0.29, 0.717) is 36.2 Å². The molecule has 1 fully saturated rings. The molecule has 1 saturated heterocycles. The minimum absolute atomic E-state index is 0.00233. The lowest BCUT2D eigenvalue weighted by atomic mass is 10.2. The molecule has 0 radical (unpaired) electrons. The summed E-state index contributed by atoms with van der Waals surface area (Å²) in [6.45, 7) is 5.26. The van der Waals surface area contributed by atoms with Crippen molar-refractivity contribution in [1.82, 2.24) is 35.0 Å². The number of H-pyrrole nitrogens is 1. The molecule has 1 aliphatic heterocycles. The van der Waals surface area contributed by atoms with Gasteiger partial charge in [-0.2, -0.15) is 4.98 Å². The van der Waals surface area contributed by atoms with Gasteiger partial charge in [0.2, 0.25) is 0 Å². The summed E-state index contributed by atoms with van der Waals surface area (Å²) in [6.07, 6.45) is 2.62. The number of para-hydroxylation sites is 1. The van der Waals surface area contributed by atoms with Crippen molar-refractivity contribution in [3.63, 3.8) is 0 Å². The SMILES string of the molecule is CC(C)c1noc(-c2cn(C3CCN(C(=O)c4cc5ccccc5[nH]4)C3)nn2)n1. The number of nitrogens with one attached hydrogen (secondary N) is 1. The molecule has 9 heteroatoms. The molecule has 0 saturated carbocycles. The minimum Gasteiger partial charge on any atom is -0.351 e. The summed E-state index contributed by atoms with van der Waals surface area (Å²) >= 11 is 0. The van der Waals surface area contributed by atoms with Gasteiger partial charge in [-0.1, -0.05) is 42.4 Å². The minimum atomic E-state index is 0.00233. The number of likely N-dealkylation sites (tertiary alicyclic amines) is 1. The molecule has 1 atom stereocenters. The van der Waals surface area contributed by atoms with E-state index in [1.807, 2.05) is 49.1 Å². The standard InChI is InChI=1S/C20H21N7O2/c1-12(2)18-22-19(29-24-18)17-11-27(25-23-17)14-7-8-26(10-14)20(28)16-9-13-5-3-4-6-15(13)21-16/h3-6,9,11-12,14,21H,7-8,10H2,1-2H3. The number of fused-ring (bicyclic) bond motifs is 1. The largest absolute Gasteiger partial charge is 0.351 e. The number of hydrogen-bond donors (Lipinski definition) is 1.